The third kappa shape index (κ3) is 4.04. The van der Waals surface area contributed by atoms with Crippen LogP contribution in [-0.2, 0) is 17.8 Å². The van der Waals surface area contributed by atoms with Crippen molar-refractivity contribution in [3.8, 4) is 0 Å². The van der Waals surface area contributed by atoms with Gasteiger partial charge in [-0.05, 0) is 44.1 Å². The normalized spacial score (nSPS) is 19.6. The van der Waals surface area contributed by atoms with Crippen molar-refractivity contribution in [1.29, 1.82) is 0 Å². The third-order valence-electron chi connectivity index (χ3n) is 3.68. The summed E-state index contributed by atoms with van der Waals surface area (Å²) in [5.41, 5.74) is 7.90. The molecule has 0 spiro atoms. The van der Waals surface area contributed by atoms with E-state index in [2.05, 4.69) is 41.5 Å². The topological polar surface area (TPSA) is 58.4 Å². The lowest BCUT2D eigenvalue weighted by Gasteiger charge is -2.11. The minimum absolute atomic E-state index is 0.154. The van der Waals surface area contributed by atoms with Gasteiger partial charge in [0.05, 0.1) is 5.92 Å². The van der Waals surface area contributed by atoms with Crippen molar-refractivity contribution >= 4 is 5.91 Å². The molecule has 4 heteroatoms. The summed E-state index contributed by atoms with van der Waals surface area (Å²) in [5.74, 6) is 0.330. The standard InChI is InChI=1S/C15H23N3O/c1-18-9-7-14(11-18)15(19)17-10-13-4-2-12(3-5-13)6-8-16/h2-5,14H,6-11,16H2,1H3,(H,17,19). The Labute approximate surface area is 115 Å². The van der Waals surface area contributed by atoms with Crippen molar-refractivity contribution < 1.29 is 4.79 Å². The lowest BCUT2D eigenvalue weighted by atomic mass is 10.1. The second-order valence-electron chi connectivity index (χ2n) is 5.32. The molecule has 0 bridgehead atoms. The highest BCUT2D eigenvalue weighted by molar-refractivity contribution is 5.79. The van der Waals surface area contributed by atoms with E-state index in [9.17, 15) is 4.79 Å². The molecule has 3 N–H and O–H groups in total. The maximum absolute atomic E-state index is 12.0. The van der Waals surface area contributed by atoms with E-state index >= 15 is 0 Å². The fourth-order valence-corrected chi connectivity index (χ4v) is 2.47. The van der Waals surface area contributed by atoms with Gasteiger partial charge >= 0.3 is 0 Å². The molecule has 1 saturated heterocycles. The highest BCUT2D eigenvalue weighted by Gasteiger charge is 2.25. The largest absolute Gasteiger partial charge is 0.352 e. The van der Waals surface area contributed by atoms with Gasteiger partial charge in [0.2, 0.25) is 5.91 Å². The molecule has 1 aliphatic heterocycles. The van der Waals surface area contributed by atoms with Gasteiger partial charge in [-0.15, -0.1) is 0 Å². The first-order valence-electron chi connectivity index (χ1n) is 6.93. The molecule has 1 amide bonds. The molecule has 2 rings (SSSR count). The Kier molecular flexibility index (Phi) is 4.93. The number of amides is 1. The van der Waals surface area contributed by atoms with E-state index in [0.29, 0.717) is 13.1 Å². The molecule has 4 nitrogen and oxygen atoms in total. The van der Waals surface area contributed by atoms with Crippen LogP contribution < -0.4 is 11.1 Å². The highest BCUT2D eigenvalue weighted by atomic mass is 16.1. The number of carbonyl (C=O) groups is 1. The molecule has 1 atom stereocenters. The smallest absolute Gasteiger partial charge is 0.224 e. The van der Waals surface area contributed by atoms with Crippen LogP contribution in [0.2, 0.25) is 0 Å². The van der Waals surface area contributed by atoms with Gasteiger partial charge in [0, 0.05) is 13.1 Å². The van der Waals surface area contributed by atoms with E-state index in [0.717, 1.165) is 31.5 Å². The van der Waals surface area contributed by atoms with Crippen molar-refractivity contribution in [3.63, 3.8) is 0 Å². The lowest BCUT2D eigenvalue weighted by Crippen LogP contribution is -2.31. The number of nitrogens with zero attached hydrogens (tertiary/aromatic N) is 1. The predicted molar refractivity (Wildman–Crippen MR) is 76.7 cm³/mol. The summed E-state index contributed by atoms with van der Waals surface area (Å²) in [6.07, 6.45) is 1.87. The van der Waals surface area contributed by atoms with Crippen LogP contribution >= 0.6 is 0 Å². The molecule has 1 heterocycles. The summed E-state index contributed by atoms with van der Waals surface area (Å²) < 4.78 is 0. The van der Waals surface area contributed by atoms with Gasteiger partial charge in [-0.3, -0.25) is 4.79 Å². The highest BCUT2D eigenvalue weighted by Crippen LogP contribution is 2.14. The molecule has 1 aromatic carbocycles. The minimum atomic E-state index is 0.154. The zero-order valence-electron chi connectivity index (χ0n) is 11.6. The zero-order valence-corrected chi connectivity index (χ0v) is 11.6. The summed E-state index contributed by atoms with van der Waals surface area (Å²) in [6.45, 7) is 3.18. The van der Waals surface area contributed by atoms with Crippen LogP contribution in [0, 0.1) is 5.92 Å². The Morgan fingerprint density at radius 3 is 2.63 bits per heavy atom. The molecular weight excluding hydrogens is 238 g/mol. The number of nitrogens with one attached hydrogen (secondary N) is 1. The fraction of sp³-hybridized carbons (Fsp3) is 0.533. The van der Waals surface area contributed by atoms with Gasteiger partial charge in [-0.2, -0.15) is 0 Å². The Balaban J connectivity index is 1.80. The minimum Gasteiger partial charge on any atom is -0.352 e. The van der Waals surface area contributed by atoms with Gasteiger partial charge in [0.1, 0.15) is 0 Å². The van der Waals surface area contributed by atoms with Crippen molar-refractivity contribution in [2.45, 2.75) is 19.4 Å². The van der Waals surface area contributed by atoms with Gasteiger partial charge in [-0.1, -0.05) is 24.3 Å². The Hall–Kier alpha value is -1.39. The van der Waals surface area contributed by atoms with Crippen molar-refractivity contribution in [2.24, 2.45) is 11.7 Å². The number of hydrogen-bond donors (Lipinski definition) is 2. The van der Waals surface area contributed by atoms with Gasteiger partial charge in [0.25, 0.3) is 0 Å². The van der Waals surface area contributed by atoms with Gasteiger partial charge in [-0.25, -0.2) is 0 Å². The van der Waals surface area contributed by atoms with Crippen LogP contribution in [0.15, 0.2) is 24.3 Å². The van der Waals surface area contributed by atoms with Crippen LogP contribution in [0.4, 0.5) is 0 Å². The van der Waals surface area contributed by atoms with E-state index in [1.165, 1.54) is 5.56 Å². The summed E-state index contributed by atoms with van der Waals surface area (Å²) in [5, 5.41) is 3.02. The maximum atomic E-state index is 12.0. The van der Waals surface area contributed by atoms with Gasteiger partial charge < -0.3 is 16.0 Å². The molecule has 1 unspecified atom stereocenters. The molecule has 1 fully saturated rings. The predicted octanol–water partition coefficient (Wildman–Crippen LogP) is 0.756. The molecule has 19 heavy (non-hydrogen) atoms. The van der Waals surface area contributed by atoms with E-state index in [1.807, 2.05) is 0 Å². The quantitative estimate of drug-likeness (QED) is 0.822. The molecule has 0 radical (unpaired) electrons. The average Bonchev–Trinajstić information content (AvgIpc) is 2.85. The first kappa shape index (κ1) is 14.0. The molecule has 104 valence electrons. The summed E-state index contributed by atoms with van der Waals surface area (Å²) in [7, 11) is 2.06. The molecular formula is C15H23N3O. The molecule has 0 aliphatic carbocycles. The fourth-order valence-electron chi connectivity index (χ4n) is 2.47. The lowest BCUT2D eigenvalue weighted by molar-refractivity contribution is -0.124. The Bertz CT molecular complexity index is 416. The SMILES string of the molecule is CN1CCC(C(=O)NCc2ccc(CCN)cc2)C1. The van der Waals surface area contributed by atoms with Crippen LogP contribution in [0.25, 0.3) is 0 Å². The summed E-state index contributed by atoms with van der Waals surface area (Å²) in [4.78, 5) is 14.2. The number of rotatable bonds is 5. The third-order valence-corrected chi connectivity index (χ3v) is 3.68. The van der Waals surface area contributed by atoms with Crippen LogP contribution in [0.5, 0.6) is 0 Å². The Morgan fingerprint density at radius 2 is 2.05 bits per heavy atom. The van der Waals surface area contributed by atoms with Crippen LogP contribution in [-0.4, -0.2) is 37.5 Å². The van der Waals surface area contributed by atoms with E-state index < -0.39 is 0 Å². The number of carbonyl (C=O) groups excluding carboxylic acids is 1. The van der Waals surface area contributed by atoms with Crippen molar-refractivity contribution in [2.75, 3.05) is 26.7 Å². The Morgan fingerprint density at radius 1 is 1.37 bits per heavy atom. The molecule has 0 aromatic heterocycles. The average molecular weight is 261 g/mol. The molecule has 0 saturated carbocycles. The van der Waals surface area contributed by atoms with E-state index in [-0.39, 0.29) is 11.8 Å². The maximum Gasteiger partial charge on any atom is 0.224 e. The van der Waals surface area contributed by atoms with E-state index in [4.69, 9.17) is 5.73 Å². The van der Waals surface area contributed by atoms with Crippen LogP contribution in [0.1, 0.15) is 17.5 Å². The number of nitrogens with two attached hydrogens (primary N) is 1. The first-order valence-corrected chi connectivity index (χ1v) is 6.93. The molecule has 1 aromatic rings. The number of likely N-dealkylation sites (tertiary alicyclic amines) is 1. The van der Waals surface area contributed by atoms with E-state index in [1.54, 1.807) is 0 Å². The van der Waals surface area contributed by atoms with Crippen molar-refractivity contribution in [3.05, 3.63) is 35.4 Å². The van der Waals surface area contributed by atoms with Gasteiger partial charge in [0.15, 0.2) is 0 Å². The van der Waals surface area contributed by atoms with Crippen LogP contribution in [0.3, 0.4) is 0 Å². The monoisotopic (exact) mass is 261 g/mol. The summed E-state index contributed by atoms with van der Waals surface area (Å²) >= 11 is 0. The number of benzene rings is 1. The zero-order chi connectivity index (χ0) is 13.7. The van der Waals surface area contributed by atoms with Crippen molar-refractivity contribution in [1.82, 2.24) is 10.2 Å². The second kappa shape index (κ2) is 6.68. The summed E-state index contributed by atoms with van der Waals surface area (Å²) in [6, 6.07) is 8.29. The first-order chi connectivity index (χ1) is 9.19. The second-order valence-corrected chi connectivity index (χ2v) is 5.32. The number of hydrogen-bond acceptors (Lipinski definition) is 3. The molecule has 1 aliphatic rings.